The molecule has 4 rings (SSSR count). The summed E-state index contributed by atoms with van der Waals surface area (Å²) < 4.78 is 0. The number of nitrogens with zero attached hydrogens (tertiary/aromatic N) is 4. The highest BCUT2D eigenvalue weighted by atomic mass is 16.2. The first-order valence-electron chi connectivity index (χ1n) is 10.0. The van der Waals surface area contributed by atoms with Crippen LogP contribution in [-0.4, -0.2) is 45.9 Å². The Morgan fingerprint density at radius 3 is 2.52 bits per heavy atom. The molecule has 150 valence electrons. The fraction of sp³-hybridized carbons (Fsp3) is 0.348. The van der Waals surface area contributed by atoms with Gasteiger partial charge in [-0.1, -0.05) is 37.3 Å². The highest BCUT2D eigenvalue weighted by Gasteiger charge is 2.38. The number of anilines is 1. The van der Waals surface area contributed by atoms with E-state index in [1.807, 2.05) is 68.1 Å². The van der Waals surface area contributed by atoms with Gasteiger partial charge in [0.2, 0.25) is 5.91 Å². The molecule has 29 heavy (non-hydrogen) atoms. The molecule has 0 spiro atoms. The largest absolute Gasteiger partial charge is 0.371 e. The van der Waals surface area contributed by atoms with Crippen molar-refractivity contribution < 1.29 is 4.79 Å². The van der Waals surface area contributed by atoms with Gasteiger partial charge in [0.1, 0.15) is 5.82 Å². The smallest absolute Gasteiger partial charge is 0.228 e. The minimum atomic E-state index is -0.340. The minimum absolute atomic E-state index is 0.185. The summed E-state index contributed by atoms with van der Waals surface area (Å²) in [5, 5.41) is 0. The molecular formula is C23H27N5O. The molecule has 1 fully saturated rings. The van der Waals surface area contributed by atoms with Crippen LogP contribution < -0.4 is 4.90 Å². The standard InChI is InChI=1S/C23H27N5O/c1-23(10-14-28(15-11-23)19-8-12-24-13-9-19)22(29)27(2)17-21-25-16-20(26-21)18-6-4-3-5-7-18/h3-9,12-13,16H,10-11,14-15,17H2,1-2H3,(H,25,26). The molecule has 0 aliphatic carbocycles. The van der Waals surface area contributed by atoms with E-state index in [1.54, 1.807) is 4.90 Å². The lowest BCUT2D eigenvalue weighted by Gasteiger charge is -2.41. The molecule has 1 saturated heterocycles. The van der Waals surface area contributed by atoms with Crippen molar-refractivity contribution in [3.05, 3.63) is 66.9 Å². The van der Waals surface area contributed by atoms with Gasteiger partial charge in [-0.05, 0) is 30.5 Å². The molecular weight excluding hydrogens is 362 g/mol. The summed E-state index contributed by atoms with van der Waals surface area (Å²) in [5.41, 5.74) is 2.90. The van der Waals surface area contributed by atoms with Gasteiger partial charge in [-0.15, -0.1) is 0 Å². The van der Waals surface area contributed by atoms with E-state index in [9.17, 15) is 4.79 Å². The second-order valence-electron chi connectivity index (χ2n) is 8.02. The number of H-pyrrole nitrogens is 1. The van der Waals surface area contributed by atoms with Gasteiger partial charge >= 0.3 is 0 Å². The number of pyridine rings is 1. The summed E-state index contributed by atoms with van der Waals surface area (Å²) in [7, 11) is 1.87. The zero-order chi connectivity index (χ0) is 20.3. The molecule has 2 aromatic heterocycles. The third kappa shape index (κ3) is 4.16. The van der Waals surface area contributed by atoms with Crippen LogP contribution in [0.2, 0.25) is 0 Å². The number of imidazole rings is 1. The van der Waals surface area contributed by atoms with Crippen molar-refractivity contribution >= 4 is 11.6 Å². The normalized spacial score (nSPS) is 15.9. The zero-order valence-electron chi connectivity index (χ0n) is 17.0. The Balaban J connectivity index is 1.37. The van der Waals surface area contributed by atoms with Crippen molar-refractivity contribution in [3.63, 3.8) is 0 Å². The fourth-order valence-corrected chi connectivity index (χ4v) is 3.99. The third-order valence-electron chi connectivity index (χ3n) is 5.86. The van der Waals surface area contributed by atoms with Gasteiger partial charge in [0.05, 0.1) is 18.4 Å². The molecule has 1 aliphatic rings. The molecule has 3 heterocycles. The van der Waals surface area contributed by atoms with E-state index in [0.717, 1.165) is 43.0 Å². The van der Waals surface area contributed by atoms with Crippen LogP contribution in [0.4, 0.5) is 5.69 Å². The minimum Gasteiger partial charge on any atom is -0.371 e. The zero-order valence-corrected chi connectivity index (χ0v) is 17.0. The molecule has 0 saturated carbocycles. The monoisotopic (exact) mass is 389 g/mol. The number of piperidine rings is 1. The van der Waals surface area contributed by atoms with Gasteiger partial charge < -0.3 is 14.8 Å². The van der Waals surface area contributed by atoms with Crippen molar-refractivity contribution in [2.24, 2.45) is 5.41 Å². The van der Waals surface area contributed by atoms with Crippen LogP contribution in [0.5, 0.6) is 0 Å². The van der Waals surface area contributed by atoms with Crippen molar-refractivity contribution in [2.75, 3.05) is 25.0 Å². The fourth-order valence-electron chi connectivity index (χ4n) is 3.99. The van der Waals surface area contributed by atoms with Gasteiger partial charge in [0, 0.05) is 43.6 Å². The van der Waals surface area contributed by atoms with E-state index in [1.165, 1.54) is 5.69 Å². The molecule has 1 amide bonds. The maximum Gasteiger partial charge on any atom is 0.228 e. The summed E-state index contributed by atoms with van der Waals surface area (Å²) in [5.74, 6) is 0.988. The first kappa shape index (κ1) is 19.2. The maximum absolute atomic E-state index is 13.2. The Morgan fingerprint density at radius 2 is 1.83 bits per heavy atom. The number of benzene rings is 1. The SMILES string of the molecule is CN(Cc1ncc(-c2ccccc2)[nH]1)C(=O)C1(C)CCN(c2ccncc2)CC1. The molecule has 1 N–H and O–H groups in total. The summed E-state index contributed by atoms with van der Waals surface area (Å²) in [6.07, 6.45) is 7.14. The first-order valence-corrected chi connectivity index (χ1v) is 10.0. The number of rotatable bonds is 5. The number of hydrogen-bond acceptors (Lipinski definition) is 4. The second kappa shape index (κ2) is 8.07. The van der Waals surface area contributed by atoms with E-state index in [4.69, 9.17) is 0 Å². The van der Waals surface area contributed by atoms with Crippen LogP contribution in [0.25, 0.3) is 11.3 Å². The highest BCUT2D eigenvalue weighted by molar-refractivity contribution is 5.82. The molecule has 0 bridgehead atoms. The summed E-state index contributed by atoms with van der Waals surface area (Å²) in [4.78, 5) is 29.2. The van der Waals surface area contributed by atoms with Gasteiger partial charge in [0.15, 0.2) is 0 Å². The van der Waals surface area contributed by atoms with E-state index in [-0.39, 0.29) is 11.3 Å². The Kier molecular flexibility index (Phi) is 5.34. The molecule has 0 unspecified atom stereocenters. The van der Waals surface area contributed by atoms with E-state index >= 15 is 0 Å². The summed E-state index contributed by atoms with van der Waals surface area (Å²) in [6.45, 7) is 4.32. The quantitative estimate of drug-likeness (QED) is 0.722. The number of nitrogens with one attached hydrogen (secondary N) is 1. The van der Waals surface area contributed by atoms with Crippen LogP contribution in [-0.2, 0) is 11.3 Å². The molecule has 3 aromatic rings. The summed E-state index contributed by atoms with van der Waals surface area (Å²) in [6, 6.07) is 14.1. The van der Waals surface area contributed by atoms with Crippen molar-refractivity contribution in [1.82, 2.24) is 19.9 Å². The number of aromatic nitrogens is 3. The lowest BCUT2D eigenvalue weighted by atomic mass is 9.79. The maximum atomic E-state index is 13.2. The van der Waals surface area contributed by atoms with E-state index in [2.05, 4.69) is 26.8 Å². The number of aromatic amines is 1. The van der Waals surface area contributed by atoms with Gasteiger partial charge in [-0.25, -0.2) is 4.98 Å². The molecule has 0 radical (unpaired) electrons. The first-order chi connectivity index (χ1) is 14.0. The second-order valence-corrected chi connectivity index (χ2v) is 8.02. The molecule has 6 heteroatoms. The predicted octanol–water partition coefficient (Wildman–Crippen LogP) is 3.74. The molecule has 1 aromatic carbocycles. The number of hydrogen-bond donors (Lipinski definition) is 1. The van der Waals surface area contributed by atoms with Crippen LogP contribution in [0.3, 0.4) is 0 Å². The van der Waals surface area contributed by atoms with Crippen LogP contribution in [0, 0.1) is 5.41 Å². The van der Waals surface area contributed by atoms with Gasteiger partial charge in [0.25, 0.3) is 0 Å². The number of amides is 1. The molecule has 1 aliphatic heterocycles. The molecule has 6 nitrogen and oxygen atoms in total. The predicted molar refractivity (Wildman–Crippen MR) is 114 cm³/mol. The van der Waals surface area contributed by atoms with Gasteiger partial charge in [-0.3, -0.25) is 9.78 Å². The van der Waals surface area contributed by atoms with Crippen molar-refractivity contribution in [2.45, 2.75) is 26.3 Å². The van der Waals surface area contributed by atoms with Crippen LogP contribution in [0.1, 0.15) is 25.6 Å². The third-order valence-corrected chi connectivity index (χ3v) is 5.86. The Morgan fingerprint density at radius 1 is 1.14 bits per heavy atom. The lowest BCUT2D eigenvalue weighted by molar-refractivity contribution is -0.141. The Labute approximate surface area is 171 Å². The van der Waals surface area contributed by atoms with Crippen molar-refractivity contribution in [3.8, 4) is 11.3 Å². The Hall–Kier alpha value is -3.15. The van der Waals surface area contributed by atoms with E-state index in [0.29, 0.717) is 6.54 Å². The van der Waals surface area contributed by atoms with Crippen LogP contribution >= 0.6 is 0 Å². The Bertz CT molecular complexity index is 946. The van der Waals surface area contributed by atoms with Gasteiger partial charge in [-0.2, -0.15) is 0 Å². The molecule has 0 atom stereocenters. The number of carbonyl (C=O) groups is 1. The van der Waals surface area contributed by atoms with Crippen molar-refractivity contribution in [1.29, 1.82) is 0 Å². The van der Waals surface area contributed by atoms with Crippen LogP contribution in [0.15, 0.2) is 61.1 Å². The van der Waals surface area contributed by atoms with E-state index < -0.39 is 0 Å². The average Bonchev–Trinajstić information content (AvgIpc) is 3.23. The average molecular weight is 390 g/mol. The highest BCUT2D eigenvalue weighted by Crippen LogP contribution is 2.34. The topological polar surface area (TPSA) is 65.1 Å². The summed E-state index contributed by atoms with van der Waals surface area (Å²) >= 11 is 0. The number of carbonyl (C=O) groups excluding carboxylic acids is 1. The lowest BCUT2D eigenvalue weighted by Crippen LogP contribution is -2.47.